The number of aliphatic carboxylic acids is 1. The van der Waals surface area contributed by atoms with E-state index in [4.69, 9.17) is 9.84 Å². The fourth-order valence-electron chi connectivity index (χ4n) is 2.40. The van der Waals surface area contributed by atoms with Crippen molar-refractivity contribution in [3.05, 3.63) is 66.4 Å². The van der Waals surface area contributed by atoms with Crippen LogP contribution in [0.4, 0.5) is 0 Å². The van der Waals surface area contributed by atoms with Gasteiger partial charge in [-0.25, -0.2) is 10.2 Å². The van der Waals surface area contributed by atoms with Crippen LogP contribution in [0.1, 0.15) is 5.56 Å². The normalized spacial score (nSPS) is 10.9. The third kappa shape index (κ3) is 5.31. The number of pyridine rings is 1. The van der Waals surface area contributed by atoms with Gasteiger partial charge >= 0.3 is 5.97 Å². The first-order chi connectivity index (χ1) is 13.6. The number of benzene rings is 2. The van der Waals surface area contributed by atoms with Gasteiger partial charge in [0.05, 0.1) is 17.5 Å². The van der Waals surface area contributed by atoms with Crippen molar-refractivity contribution in [3.8, 4) is 5.75 Å². The van der Waals surface area contributed by atoms with Crippen LogP contribution < -0.4 is 10.2 Å². The average Bonchev–Trinajstić information content (AvgIpc) is 2.71. The molecule has 7 nitrogen and oxygen atoms in total. The summed E-state index contributed by atoms with van der Waals surface area (Å²) in [7, 11) is 0. The number of aromatic nitrogens is 1. The number of ether oxygens (including phenoxy) is 1. The van der Waals surface area contributed by atoms with Gasteiger partial charge in [0.25, 0.3) is 0 Å². The Morgan fingerprint density at radius 2 is 1.96 bits per heavy atom. The molecular weight excluding hydrogens is 378 g/mol. The van der Waals surface area contributed by atoms with Crippen molar-refractivity contribution in [1.29, 1.82) is 0 Å². The minimum Gasteiger partial charge on any atom is -0.481 e. The number of carbonyl (C=O) groups excluding carboxylic acids is 1. The summed E-state index contributed by atoms with van der Waals surface area (Å²) in [6.07, 6.45) is 3.14. The van der Waals surface area contributed by atoms with Gasteiger partial charge in [-0.15, -0.1) is 11.8 Å². The predicted molar refractivity (Wildman–Crippen MR) is 108 cm³/mol. The second-order valence-electron chi connectivity index (χ2n) is 5.63. The number of carboxylic acids is 1. The van der Waals surface area contributed by atoms with Crippen LogP contribution >= 0.6 is 11.8 Å². The number of carboxylic acid groups (broad SMARTS) is 1. The Hall–Kier alpha value is -3.39. The topological polar surface area (TPSA) is 101 Å². The number of nitrogens with zero attached hydrogens (tertiary/aromatic N) is 2. The Bertz CT molecular complexity index is 1020. The second-order valence-corrected chi connectivity index (χ2v) is 6.65. The highest BCUT2D eigenvalue weighted by atomic mass is 32.2. The number of rotatable bonds is 8. The Labute approximate surface area is 165 Å². The van der Waals surface area contributed by atoms with Crippen molar-refractivity contribution >= 4 is 40.8 Å². The lowest BCUT2D eigenvalue weighted by atomic mass is 10.2. The van der Waals surface area contributed by atoms with Gasteiger partial charge in [0, 0.05) is 22.0 Å². The van der Waals surface area contributed by atoms with Crippen molar-refractivity contribution in [2.45, 2.75) is 4.90 Å². The zero-order valence-corrected chi connectivity index (χ0v) is 15.6. The van der Waals surface area contributed by atoms with Crippen molar-refractivity contribution in [2.24, 2.45) is 5.10 Å². The first-order valence-corrected chi connectivity index (χ1v) is 9.34. The Morgan fingerprint density at radius 1 is 1.14 bits per heavy atom. The van der Waals surface area contributed by atoms with Gasteiger partial charge in [-0.05, 0) is 24.3 Å². The van der Waals surface area contributed by atoms with Crippen LogP contribution in [0.15, 0.2) is 70.8 Å². The molecule has 0 aliphatic carbocycles. The summed E-state index contributed by atoms with van der Waals surface area (Å²) in [6.45, 7) is -0.451. The highest BCUT2D eigenvalue weighted by Crippen LogP contribution is 2.25. The molecule has 2 N–H and O–H groups in total. The third-order valence-corrected chi connectivity index (χ3v) is 4.66. The van der Waals surface area contributed by atoms with E-state index in [-0.39, 0.29) is 11.7 Å². The lowest BCUT2D eigenvalue weighted by molar-refractivity contribution is -0.139. The van der Waals surface area contributed by atoms with E-state index in [0.717, 1.165) is 15.8 Å². The highest BCUT2D eigenvalue weighted by molar-refractivity contribution is 8.00. The molecule has 1 aromatic heterocycles. The molecule has 28 heavy (non-hydrogen) atoms. The first kappa shape index (κ1) is 19.4. The molecule has 0 fully saturated rings. The van der Waals surface area contributed by atoms with Crippen molar-refractivity contribution in [1.82, 2.24) is 10.4 Å². The lowest BCUT2D eigenvalue weighted by Gasteiger charge is -2.06. The molecule has 8 heteroatoms. The van der Waals surface area contributed by atoms with E-state index in [9.17, 15) is 9.59 Å². The van der Waals surface area contributed by atoms with E-state index in [0.29, 0.717) is 11.3 Å². The number of para-hydroxylation sites is 2. The molecule has 0 saturated carbocycles. The molecule has 0 aliphatic heterocycles. The molecule has 0 radical (unpaired) electrons. The molecular formula is C20H17N3O4S. The van der Waals surface area contributed by atoms with E-state index >= 15 is 0 Å². The fraction of sp³-hybridized carbons (Fsp3) is 0.100. The Balaban J connectivity index is 1.56. The number of nitrogens with one attached hydrogen (secondary N) is 1. The van der Waals surface area contributed by atoms with Crippen molar-refractivity contribution in [2.75, 3.05) is 12.4 Å². The number of amides is 1. The van der Waals surface area contributed by atoms with E-state index in [1.54, 1.807) is 30.5 Å². The minimum absolute atomic E-state index is 0.185. The number of thioether (sulfide) groups is 1. The molecule has 1 amide bonds. The molecule has 0 saturated heterocycles. The number of fused-ring (bicyclic) bond motifs is 1. The summed E-state index contributed by atoms with van der Waals surface area (Å²) in [5.74, 6) is -0.776. The van der Waals surface area contributed by atoms with Crippen molar-refractivity contribution in [3.63, 3.8) is 0 Å². The maximum absolute atomic E-state index is 12.1. The van der Waals surface area contributed by atoms with Crippen LogP contribution in [-0.2, 0) is 9.59 Å². The zero-order chi connectivity index (χ0) is 19.8. The number of hydrogen-bond acceptors (Lipinski definition) is 6. The van der Waals surface area contributed by atoms with Gasteiger partial charge in [-0.3, -0.25) is 9.78 Å². The predicted octanol–water partition coefficient (Wildman–Crippen LogP) is 2.94. The van der Waals surface area contributed by atoms with Gasteiger partial charge < -0.3 is 9.84 Å². The summed E-state index contributed by atoms with van der Waals surface area (Å²) in [5, 5.41) is 13.7. The molecule has 2 aromatic carbocycles. The molecule has 1 heterocycles. The van der Waals surface area contributed by atoms with E-state index in [2.05, 4.69) is 15.5 Å². The van der Waals surface area contributed by atoms with E-state index in [1.807, 2.05) is 30.3 Å². The summed E-state index contributed by atoms with van der Waals surface area (Å²) < 4.78 is 5.19. The number of hydrazone groups is 1. The third-order valence-electron chi connectivity index (χ3n) is 3.62. The SMILES string of the molecule is O=C(O)COc1ccccc1/C=N\NC(=O)CSc1cccc2cccnc12. The molecule has 0 aliphatic rings. The first-order valence-electron chi connectivity index (χ1n) is 8.35. The van der Waals surface area contributed by atoms with Gasteiger partial charge in [0.2, 0.25) is 5.91 Å². The van der Waals surface area contributed by atoms with Gasteiger partial charge in [-0.1, -0.05) is 30.3 Å². The maximum atomic E-state index is 12.1. The van der Waals surface area contributed by atoms with Crippen LogP contribution in [0.2, 0.25) is 0 Å². The monoisotopic (exact) mass is 395 g/mol. The Morgan fingerprint density at radius 3 is 2.82 bits per heavy atom. The largest absolute Gasteiger partial charge is 0.481 e. The molecule has 0 unspecified atom stereocenters. The van der Waals surface area contributed by atoms with Crippen LogP contribution in [0, 0.1) is 0 Å². The smallest absolute Gasteiger partial charge is 0.341 e. The molecule has 142 valence electrons. The number of carbonyl (C=O) groups is 2. The summed E-state index contributed by atoms with van der Waals surface area (Å²) in [6, 6.07) is 16.5. The van der Waals surface area contributed by atoms with Crippen LogP contribution in [0.3, 0.4) is 0 Å². The molecule has 0 bridgehead atoms. The van der Waals surface area contributed by atoms with E-state index < -0.39 is 12.6 Å². The van der Waals surface area contributed by atoms with Gasteiger partial charge in [0.1, 0.15) is 5.75 Å². The summed E-state index contributed by atoms with van der Waals surface area (Å²) in [4.78, 5) is 28.0. The van der Waals surface area contributed by atoms with Crippen molar-refractivity contribution < 1.29 is 19.4 Å². The summed E-state index contributed by atoms with van der Waals surface area (Å²) >= 11 is 1.38. The average molecular weight is 395 g/mol. The fourth-order valence-corrected chi connectivity index (χ4v) is 3.23. The van der Waals surface area contributed by atoms with Gasteiger partial charge in [0.15, 0.2) is 6.61 Å². The van der Waals surface area contributed by atoms with Crippen LogP contribution in [-0.4, -0.2) is 40.5 Å². The summed E-state index contributed by atoms with van der Waals surface area (Å²) in [5.41, 5.74) is 3.88. The Kier molecular flexibility index (Phi) is 6.59. The quantitative estimate of drug-likeness (QED) is 0.345. The number of hydrogen-bond donors (Lipinski definition) is 2. The van der Waals surface area contributed by atoms with Gasteiger partial charge in [-0.2, -0.15) is 5.10 Å². The standard InChI is InChI=1S/C20H17N3O4S/c24-18(13-28-17-9-3-6-14-7-4-10-21-20(14)17)23-22-11-15-5-1-2-8-16(15)27-12-19(25)26/h1-11H,12-13H2,(H,23,24)(H,25,26)/b22-11-. The second kappa shape index (κ2) is 9.52. The minimum atomic E-state index is -1.07. The lowest BCUT2D eigenvalue weighted by Crippen LogP contribution is -2.19. The highest BCUT2D eigenvalue weighted by Gasteiger charge is 2.07. The zero-order valence-electron chi connectivity index (χ0n) is 14.7. The van der Waals surface area contributed by atoms with Crippen LogP contribution in [0.25, 0.3) is 10.9 Å². The molecule has 3 rings (SSSR count). The maximum Gasteiger partial charge on any atom is 0.341 e. The van der Waals surface area contributed by atoms with Crippen LogP contribution in [0.5, 0.6) is 5.75 Å². The molecule has 0 atom stereocenters. The molecule has 0 spiro atoms. The molecule has 3 aromatic rings. The van der Waals surface area contributed by atoms with E-state index in [1.165, 1.54) is 18.0 Å².